The van der Waals surface area contributed by atoms with Gasteiger partial charge in [0, 0.05) is 11.4 Å². The maximum absolute atomic E-state index is 11.4. The van der Waals surface area contributed by atoms with Gasteiger partial charge in [0.1, 0.15) is 0 Å². The Kier molecular flexibility index (Phi) is 3.60. The van der Waals surface area contributed by atoms with Gasteiger partial charge < -0.3 is 0 Å². The van der Waals surface area contributed by atoms with E-state index in [0.717, 1.165) is 22.3 Å². The molecule has 0 fully saturated rings. The number of carbonyl (C=O) groups is 1. The molecule has 2 heteroatoms. The van der Waals surface area contributed by atoms with Gasteiger partial charge in [0.15, 0.2) is 5.78 Å². The minimum atomic E-state index is 0.0789. The lowest BCUT2D eigenvalue weighted by Gasteiger charge is -2.08. The second kappa shape index (κ2) is 5.15. The summed E-state index contributed by atoms with van der Waals surface area (Å²) in [4.78, 5) is 11.4. The fraction of sp³-hybridized carbons (Fsp3) is 0.133. The van der Waals surface area contributed by atoms with Crippen molar-refractivity contribution in [1.82, 2.24) is 0 Å². The molecule has 0 N–H and O–H groups in total. The van der Waals surface area contributed by atoms with E-state index in [1.165, 1.54) is 0 Å². The van der Waals surface area contributed by atoms with Crippen LogP contribution in [0.4, 0.5) is 0 Å². The van der Waals surface area contributed by atoms with Crippen molar-refractivity contribution in [3.05, 3.63) is 59.7 Å². The molecule has 0 radical (unpaired) electrons. The van der Waals surface area contributed by atoms with Gasteiger partial charge in [0.2, 0.25) is 0 Å². The summed E-state index contributed by atoms with van der Waals surface area (Å²) >= 11 is 5.92. The molecule has 0 saturated heterocycles. The van der Waals surface area contributed by atoms with Crippen LogP contribution in [0.1, 0.15) is 22.8 Å². The number of carbonyl (C=O) groups excluding carboxylic acids is 1. The Balaban J connectivity index is 2.52. The fourth-order valence-corrected chi connectivity index (χ4v) is 2.06. The van der Waals surface area contributed by atoms with Crippen molar-refractivity contribution >= 4 is 17.4 Å². The quantitative estimate of drug-likeness (QED) is 0.581. The highest BCUT2D eigenvalue weighted by Crippen LogP contribution is 2.25. The number of halogens is 1. The minimum absolute atomic E-state index is 0.0789. The molecule has 2 aromatic rings. The third kappa shape index (κ3) is 2.56. The van der Waals surface area contributed by atoms with Crippen LogP contribution in [-0.4, -0.2) is 5.78 Å². The van der Waals surface area contributed by atoms with Gasteiger partial charge in [0.25, 0.3) is 0 Å². The predicted octanol–water partition coefficient (Wildman–Crippen LogP) is 4.30. The molecule has 1 nitrogen and oxygen atoms in total. The predicted molar refractivity (Wildman–Crippen MR) is 71.4 cm³/mol. The second-order valence-electron chi connectivity index (χ2n) is 3.93. The third-order valence-corrected chi connectivity index (χ3v) is 3.03. The number of rotatable bonds is 3. The van der Waals surface area contributed by atoms with Crippen LogP contribution in [0.15, 0.2) is 48.5 Å². The van der Waals surface area contributed by atoms with E-state index in [0.29, 0.717) is 5.88 Å². The first kappa shape index (κ1) is 11.9. The molecule has 86 valence electrons. The van der Waals surface area contributed by atoms with Crippen LogP contribution in [0.25, 0.3) is 11.1 Å². The summed E-state index contributed by atoms with van der Waals surface area (Å²) in [5, 5.41) is 0. The van der Waals surface area contributed by atoms with E-state index >= 15 is 0 Å². The standard InChI is InChI=1S/C15H13ClO/c1-11(17)12-6-4-7-13(9-12)15-8-3-2-5-14(15)10-16/h2-9H,10H2,1H3. The molecule has 0 atom stereocenters. The minimum Gasteiger partial charge on any atom is -0.295 e. The van der Waals surface area contributed by atoms with E-state index in [4.69, 9.17) is 11.6 Å². The van der Waals surface area contributed by atoms with Gasteiger partial charge >= 0.3 is 0 Å². The lowest BCUT2D eigenvalue weighted by molar-refractivity contribution is 0.101. The van der Waals surface area contributed by atoms with Crippen molar-refractivity contribution < 1.29 is 4.79 Å². The van der Waals surface area contributed by atoms with Crippen molar-refractivity contribution in [2.75, 3.05) is 0 Å². The smallest absolute Gasteiger partial charge is 0.159 e. The summed E-state index contributed by atoms with van der Waals surface area (Å²) in [5.74, 6) is 0.552. The molecule has 2 rings (SSSR count). The summed E-state index contributed by atoms with van der Waals surface area (Å²) in [5.41, 5.74) is 3.93. The molecule has 0 bridgehead atoms. The summed E-state index contributed by atoms with van der Waals surface area (Å²) in [7, 11) is 0. The van der Waals surface area contributed by atoms with Gasteiger partial charge in [-0.3, -0.25) is 4.79 Å². The Bertz CT molecular complexity index is 546. The molecule has 0 amide bonds. The van der Waals surface area contributed by atoms with Gasteiger partial charge in [-0.15, -0.1) is 11.6 Å². The van der Waals surface area contributed by atoms with E-state index < -0.39 is 0 Å². The maximum atomic E-state index is 11.4. The van der Waals surface area contributed by atoms with Crippen LogP contribution in [0.3, 0.4) is 0 Å². The summed E-state index contributed by atoms with van der Waals surface area (Å²) in [6.07, 6.45) is 0. The summed E-state index contributed by atoms with van der Waals surface area (Å²) < 4.78 is 0. The van der Waals surface area contributed by atoms with Crippen LogP contribution in [0, 0.1) is 0 Å². The van der Waals surface area contributed by atoms with Crippen molar-refractivity contribution in [3.8, 4) is 11.1 Å². The monoisotopic (exact) mass is 244 g/mol. The number of benzene rings is 2. The number of hydrogen-bond donors (Lipinski definition) is 0. The maximum Gasteiger partial charge on any atom is 0.159 e. The van der Waals surface area contributed by atoms with Gasteiger partial charge in [-0.1, -0.05) is 42.5 Å². The Morgan fingerprint density at radius 1 is 1.12 bits per heavy atom. The Morgan fingerprint density at radius 2 is 1.88 bits per heavy atom. The van der Waals surface area contributed by atoms with Gasteiger partial charge in [-0.25, -0.2) is 0 Å². The number of ketones is 1. The number of hydrogen-bond acceptors (Lipinski definition) is 1. The van der Waals surface area contributed by atoms with Crippen LogP contribution in [0.5, 0.6) is 0 Å². The van der Waals surface area contributed by atoms with Crippen molar-refractivity contribution in [2.24, 2.45) is 0 Å². The lowest BCUT2D eigenvalue weighted by Crippen LogP contribution is -1.93. The molecule has 2 aromatic carbocycles. The molecule has 17 heavy (non-hydrogen) atoms. The summed E-state index contributed by atoms with van der Waals surface area (Å²) in [6.45, 7) is 1.58. The molecule has 0 aliphatic carbocycles. The van der Waals surface area contributed by atoms with Crippen LogP contribution in [-0.2, 0) is 5.88 Å². The molecule has 0 aromatic heterocycles. The number of Topliss-reactive ketones (excluding diaryl/α,β-unsaturated/α-hetero) is 1. The largest absolute Gasteiger partial charge is 0.295 e. The first-order chi connectivity index (χ1) is 8.22. The zero-order valence-electron chi connectivity index (χ0n) is 9.61. The molecular weight excluding hydrogens is 232 g/mol. The average molecular weight is 245 g/mol. The average Bonchev–Trinajstić information content (AvgIpc) is 2.39. The Labute approximate surface area is 106 Å². The van der Waals surface area contributed by atoms with Crippen molar-refractivity contribution in [1.29, 1.82) is 0 Å². The first-order valence-electron chi connectivity index (χ1n) is 5.47. The zero-order chi connectivity index (χ0) is 12.3. The zero-order valence-corrected chi connectivity index (χ0v) is 10.4. The molecule has 0 heterocycles. The van der Waals surface area contributed by atoms with E-state index in [1.807, 2.05) is 48.5 Å². The van der Waals surface area contributed by atoms with E-state index in [2.05, 4.69) is 0 Å². The lowest BCUT2D eigenvalue weighted by atomic mass is 9.98. The Morgan fingerprint density at radius 3 is 2.59 bits per heavy atom. The SMILES string of the molecule is CC(=O)c1cccc(-c2ccccc2CCl)c1. The van der Waals surface area contributed by atoms with E-state index in [-0.39, 0.29) is 5.78 Å². The fourth-order valence-electron chi connectivity index (χ4n) is 1.82. The van der Waals surface area contributed by atoms with Crippen LogP contribution < -0.4 is 0 Å². The molecule has 0 unspecified atom stereocenters. The molecule has 0 aliphatic heterocycles. The highest BCUT2D eigenvalue weighted by atomic mass is 35.5. The molecule has 0 saturated carbocycles. The topological polar surface area (TPSA) is 17.1 Å². The highest BCUT2D eigenvalue weighted by molar-refractivity contribution is 6.17. The van der Waals surface area contributed by atoms with Crippen LogP contribution in [0.2, 0.25) is 0 Å². The third-order valence-electron chi connectivity index (χ3n) is 2.74. The highest BCUT2D eigenvalue weighted by Gasteiger charge is 2.05. The van der Waals surface area contributed by atoms with Crippen molar-refractivity contribution in [3.63, 3.8) is 0 Å². The van der Waals surface area contributed by atoms with Gasteiger partial charge in [0.05, 0.1) is 0 Å². The number of alkyl halides is 1. The Hall–Kier alpha value is -1.60. The van der Waals surface area contributed by atoms with Gasteiger partial charge in [-0.2, -0.15) is 0 Å². The van der Waals surface area contributed by atoms with Gasteiger partial charge in [-0.05, 0) is 29.7 Å². The molecule has 0 spiro atoms. The second-order valence-corrected chi connectivity index (χ2v) is 4.20. The van der Waals surface area contributed by atoms with E-state index in [9.17, 15) is 4.79 Å². The van der Waals surface area contributed by atoms with Crippen LogP contribution >= 0.6 is 11.6 Å². The molecular formula is C15H13ClO. The molecule has 0 aliphatic rings. The van der Waals surface area contributed by atoms with E-state index in [1.54, 1.807) is 6.92 Å². The van der Waals surface area contributed by atoms with Crippen molar-refractivity contribution in [2.45, 2.75) is 12.8 Å². The normalized spacial score (nSPS) is 10.2. The summed E-state index contributed by atoms with van der Waals surface area (Å²) in [6, 6.07) is 15.6. The first-order valence-corrected chi connectivity index (χ1v) is 6.01.